The summed E-state index contributed by atoms with van der Waals surface area (Å²) < 4.78 is 37.1. The number of halogens is 3. The van der Waals surface area contributed by atoms with E-state index in [2.05, 4.69) is 0 Å². The van der Waals surface area contributed by atoms with Crippen molar-refractivity contribution < 1.29 is 13.2 Å². The van der Waals surface area contributed by atoms with Crippen LogP contribution in [0.3, 0.4) is 0 Å². The van der Waals surface area contributed by atoms with E-state index < -0.39 is 19.1 Å². The standard InChI is InChI=1S/C10H12F3N/c1-8-4-2-3-5-14(7-8)9(6-11)10(12)13/h2-5,7,9-10H,6H2,1H3. The van der Waals surface area contributed by atoms with Gasteiger partial charge in [-0.3, -0.25) is 0 Å². The van der Waals surface area contributed by atoms with E-state index >= 15 is 0 Å². The molecule has 0 radical (unpaired) electrons. The van der Waals surface area contributed by atoms with Crippen LogP contribution in [0.15, 0.2) is 36.2 Å². The summed E-state index contributed by atoms with van der Waals surface area (Å²) in [6, 6.07) is -1.39. The van der Waals surface area contributed by atoms with Gasteiger partial charge in [-0.05, 0) is 18.6 Å². The Labute approximate surface area is 81.2 Å². The zero-order valence-corrected chi connectivity index (χ0v) is 7.83. The summed E-state index contributed by atoms with van der Waals surface area (Å²) >= 11 is 0. The van der Waals surface area contributed by atoms with Crippen LogP contribution >= 0.6 is 0 Å². The Kier molecular flexibility index (Phi) is 3.80. The van der Waals surface area contributed by atoms with Crippen LogP contribution in [0.25, 0.3) is 0 Å². The average molecular weight is 203 g/mol. The first-order valence-electron chi connectivity index (χ1n) is 4.30. The molecule has 1 rings (SSSR count). The number of alkyl halides is 3. The summed E-state index contributed by atoms with van der Waals surface area (Å²) in [4.78, 5) is 1.21. The molecule has 0 fully saturated rings. The largest absolute Gasteiger partial charge is 0.343 e. The molecule has 4 heteroatoms. The number of nitrogens with zero attached hydrogens (tertiary/aromatic N) is 1. The first kappa shape index (κ1) is 10.9. The third-order valence-corrected chi connectivity index (χ3v) is 1.91. The van der Waals surface area contributed by atoms with Crippen LogP contribution in [0, 0.1) is 0 Å². The fourth-order valence-corrected chi connectivity index (χ4v) is 1.16. The lowest BCUT2D eigenvalue weighted by Crippen LogP contribution is -2.35. The summed E-state index contributed by atoms with van der Waals surface area (Å²) in [5.74, 6) is 0. The van der Waals surface area contributed by atoms with E-state index in [0.717, 1.165) is 5.57 Å². The van der Waals surface area contributed by atoms with Gasteiger partial charge in [0.15, 0.2) is 0 Å². The molecule has 0 N–H and O–H groups in total. The minimum Gasteiger partial charge on any atom is -0.343 e. The molecule has 1 atom stereocenters. The van der Waals surface area contributed by atoms with Crippen LogP contribution < -0.4 is 0 Å². The van der Waals surface area contributed by atoms with Crippen molar-refractivity contribution >= 4 is 0 Å². The highest BCUT2D eigenvalue weighted by atomic mass is 19.3. The van der Waals surface area contributed by atoms with Crippen LogP contribution in [0.5, 0.6) is 0 Å². The topological polar surface area (TPSA) is 3.24 Å². The van der Waals surface area contributed by atoms with E-state index in [4.69, 9.17) is 0 Å². The molecule has 0 saturated heterocycles. The summed E-state index contributed by atoms with van der Waals surface area (Å²) in [5.41, 5.74) is 0.814. The highest BCUT2D eigenvalue weighted by molar-refractivity contribution is 5.24. The Morgan fingerprint density at radius 3 is 2.64 bits per heavy atom. The molecule has 0 bridgehead atoms. The van der Waals surface area contributed by atoms with Crippen molar-refractivity contribution in [2.45, 2.75) is 19.4 Å². The van der Waals surface area contributed by atoms with E-state index in [1.165, 1.54) is 17.3 Å². The molecule has 14 heavy (non-hydrogen) atoms. The highest BCUT2D eigenvalue weighted by Crippen LogP contribution is 2.15. The van der Waals surface area contributed by atoms with Gasteiger partial charge < -0.3 is 4.90 Å². The molecule has 0 aliphatic carbocycles. The zero-order valence-electron chi connectivity index (χ0n) is 7.83. The van der Waals surface area contributed by atoms with Gasteiger partial charge in [0.1, 0.15) is 12.7 Å². The van der Waals surface area contributed by atoms with Crippen molar-refractivity contribution in [3.05, 3.63) is 36.2 Å². The SMILES string of the molecule is CC1=CN(C(CF)C(F)F)C=CC=C1. The average Bonchev–Trinajstić information content (AvgIpc) is 2.31. The first-order chi connectivity index (χ1) is 6.65. The maximum atomic E-state index is 12.4. The van der Waals surface area contributed by atoms with Crippen molar-refractivity contribution in [3.63, 3.8) is 0 Å². The maximum Gasteiger partial charge on any atom is 0.261 e. The predicted molar refractivity (Wildman–Crippen MR) is 49.6 cm³/mol. The van der Waals surface area contributed by atoms with Gasteiger partial charge in [-0.15, -0.1) is 0 Å². The van der Waals surface area contributed by atoms with Crippen LogP contribution in [0.4, 0.5) is 13.2 Å². The number of rotatable bonds is 3. The Morgan fingerprint density at radius 2 is 2.07 bits per heavy atom. The molecule has 0 spiro atoms. The quantitative estimate of drug-likeness (QED) is 0.681. The van der Waals surface area contributed by atoms with E-state index in [0.29, 0.717) is 0 Å². The highest BCUT2D eigenvalue weighted by Gasteiger charge is 2.24. The normalized spacial score (nSPS) is 18.4. The molecule has 0 amide bonds. The van der Waals surface area contributed by atoms with Crippen LogP contribution in [0.2, 0.25) is 0 Å². The maximum absolute atomic E-state index is 12.4. The molecule has 1 unspecified atom stereocenters. The van der Waals surface area contributed by atoms with Gasteiger partial charge in [0.2, 0.25) is 0 Å². The molecule has 0 aromatic heterocycles. The van der Waals surface area contributed by atoms with Gasteiger partial charge in [0.25, 0.3) is 6.43 Å². The molecule has 1 aliphatic rings. The summed E-state index contributed by atoms with van der Waals surface area (Å²) in [6.45, 7) is 0.711. The Balaban J connectivity index is 2.80. The third kappa shape index (κ3) is 2.65. The minimum absolute atomic E-state index is 0.814. The van der Waals surface area contributed by atoms with Crippen molar-refractivity contribution in [1.29, 1.82) is 0 Å². The molecular weight excluding hydrogens is 191 g/mol. The molecule has 1 aliphatic heterocycles. The minimum atomic E-state index is -2.69. The zero-order chi connectivity index (χ0) is 10.6. The van der Waals surface area contributed by atoms with Crippen LogP contribution in [0.1, 0.15) is 6.92 Å². The lowest BCUT2D eigenvalue weighted by Gasteiger charge is -2.24. The Bertz CT molecular complexity index is 269. The second kappa shape index (κ2) is 4.88. The van der Waals surface area contributed by atoms with Crippen LogP contribution in [-0.2, 0) is 0 Å². The first-order valence-corrected chi connectivity index (χ1v) is 4.30. The van der Waals surface area contributed by atoms with E-state index in [-0.39, 0.29) is 0 Å². The van der Waals surface area contributed by atoms with Crippen molar-refractivity contribution in [2.24, 2.45) is 0 Å². The van der Waals surface area contributed by atoms with Crippen molar-refractivity contribution in [3.8, 4) is 0 Å². The molecule has 78 valence electrons. The van der Waals surface area contributed by atoms with Crippen LogP contribution in [-0.4, -0.2) is 24.0 Å². The number of hydrogen-bond acceptors (Lipinski definition) is 1. The van der Waals surface area contributed by atoms with E-state index in [1.54, 1.807) is 25.2 Å². The molecule has 1 nitrogen and oxygen atoms in total. The Hall–Kier alpha value is -1.19. The number of hydrogen-bond donors (Lipinski definition) is 0. The van der Waals surface area contributed by atoms with Crippen molar-refractivity contribution in [1.82, 2.24) is 4.90 Å². The summed E-state index contributed by atoms with van der Waals surface area (Å²) in [6.07, 6.45) is 5.38. The van der Waals surface area contributed by atoms with Gasteiger partial charge in [-0.2, -0.15) is 0 Å². The fourth-order valence-electron chi connectivity index (χ4n) is 1.16. The van der Waals surface area contributed by atoms with Gasteiger partial charge >= 0.3 is 0 Å². The number of allylic oxidation sites excluding steroid dienone is 4. The smallest absolute Gasteiger partial charge is 0.261 e. The van der Waals surface area contributed by atoms with E-state index in [9.17, 15) is 13.2 Å². The van der Waals surface area contributed by atoms with Gasteiger partial charge in [-0.1, -0.05) is 12.2 Å². The molecule has 0 aromatic rings. The molecule has 1 heterocycles. The van der Waals surface area contributed by atoms with E-state index in [1.807, 2.05) is 0 Å². The molecule has 0 aromatic carbocycles. The summed E-state index contributed by atoms with van der Waals surface area (Å²) in [5, 5.41) is 0. The second-order valence-corrected chi connectivity index (χ2v) is 3.08. The van der Waals surface area contributed by atoms with Crippen molar-refractivity contribution in [2.75, 3.05) is 6.67 Å². The Morgan fingerprint density at radius 1 is 1.36 bits per heavy atom. The monoisotopic (exact) mass is 203 g/mol. The van der Waals surface area contributed by atoms with Gasteiger partial charge in [0, 0.05) is 12.4 Å². The third-order valence-electron chi connectivity index (χ3n) is 1.91. The van der Waals surface area contributed by atoms with Gasteiger partial charge in [-0.25, -0.2) is 13.2 Å². The lowest BCUT2D eigenvalue weighted by molar-refractivity contribution is 0.0515. The summed E-state index contributed by atoms with van der Waals surface area (Å²) in [7, 11) is 0. The molecular formula is C10H12F3N. The lowest BCUT2D eigenvalue weighted by atomic mass is 10.2. The fraction of sp³-hybridized carbons (Fsp3) is 0.400. The predicted octanol–water partition coefficient (Wildman–Crippen LogP) is 2.88. The second-order valence-electron chi connectivity index (χ2n) is 3.08. The van der Waals surface area contributed by atoms with Gasteiger partial charge in [0.05, 0.1) is 0 Å². The molecule has 0 saturated carbocycles.